The molecule has 1 atom stereocenters. The molecule has 0 fully saturated rings. The van der Waals surface area contributed by atoms with Crippen LogP contribution < -0.4 is 5.31 Å². The topological polar surface area (TPSA) is 86.6 Å². The second-order valence-corrected chi connectivity index (χ2v) is 3.28. The molecule has 0 radical (unpaired) electrons. The molecule has 1 aromatic rings. The Morgan fingerprint density at radius 2 is 1.94 bits per heavy atom. The molecule has 0 aliphatic rings. The van der Waals surface area contributed by atoms with Gasteiger partial charge < -0.3 is 10.2 Å². The number of aliphatic carboxylic acids is 2. The van der Waals surface area contributed by atoms with Gasteiger partial charge in [-0.25, -0.2) is 0 Å². The zero-order chi connectivity index (χ0) is 12.8. The molecular formula is C11H13NO4. The number of benzene rings is 1. The Morgan fingerprint density at radius 1 is 1.31 bits per heavy atom. The third kappa shape index (κ3) is 4.10. The average Bonchev–Trinajstić information content (AvgIpc) is 2.25. The Bertz CT molecular complexity index is 396. The molecule has 86 valence electrons. The van der Waals surface area contributed by atoms with Gasteiger partial charge in [0.05, 0.1) is 6.54 Å². The highest BCUT2D eigenvalue weighted by atomic mass is 16.4. The van der Waals surface area contributed by atoms with Gasteiger partial charge in [-0.1, -0.05) is 30.3 Å². The molecule has 5 nitrogen and oxygen atoms in total. The molecule has 5 heteroatoms. The van der Waals surface area contributed by atoms with E-state index < -0.39 is 24.5 Å². The molecule has 0 aromatic heterocycles. The minimum Gasteiger partial charge on any atom is -0.480 e. The first kappa shape index (κ1) is 10.6. The highest BCUT2D eigenvalue weighted by molar-refractivity contribution is 5.75. The molecule has 0 amide bonds. The summed E-state index contributed by atoms with van der Waals surface area (Å²) in [6, 6.07) is 7.65. The highest BCUT2D eigenvalue weighted by Gasteiger charge is 2.17. The largest absolute Gasteiger partial charge is 0.480 e. The number of nitrogens with one attached hydrogen (secondary N) is 1. The summed E-state index contributed by atoms with van der Waals surface area (Å²) in [6.45, 7) is -0.621. The Labute approximate surface area is 94.2 Å². The van der Waals surface area contributed by atoms with Gasteiger partial charge >= 0.3 is 11.9 Å². The van der Waals surface area contributed by atoms with E-state index in [0.29, 0.717) is 5.31 Å². The third-order valence-corrected chi connectivity index (χ3v) is 2.00. The molecule has 3 N–H and O–H groups in total. The van der Waals surface area contributed by atoms with Crippen molar-refractivity contribution in [1.29, 1.82) is 0 Å². The van der Waals surface area contributed by atoms with Crippen LogP contribution >= 0.6 is 0 Å². The molecule has 0 saturated carbocycles. The summed E-state index contributed by atoms with van der Waals surface area (Å²) in [5, 5.41) is 18.1. The highest BCUT2D eigenvalue weighted by Crippen LogP contribution is 2.03. The van der Waals surface area contributed by atoms with Crippen molar-refractivity contribution in [3.05, 3.63) is 35.9 Å². The SMILES string of the molecule is [2H]N(CC(=O)O)[C@@H](Cc1ccccc1)C(=O)O. The first-order valence-electron chi connectivity index (χ1n) is 5.19. The molecule has 1 rings (SSSR count). The smallest absolute Gasteiger partial charge is 0.321 e. The summed E-state index contributed by atoms with van der Waals surface area (Å²) < 4.78 is 7.41. The number of rotatable bonds is 6. The van der Waals surface area contributed by atoms with Gasteiger partial charge in [-0.05, 0) is 12.0 Å². The number of carbonyl (C=O) groups is 2. The van der Waals surface area contributed by atoms with E-state index in [-0.39, 0.29) is 6.42 Å². The van der Waals surface area contributed by atoms with Crippen LogP contribution in [0.3, 0.4) is 0 Å². The van der Waals surface area contributed by atoms with Crippen LogP contribution in [0.15, 0.2) is 30.3 Å². The summed E-state index contributed by atoms with van der Waals surface area (Å²) >= 11 is 0. The summed E-state index contributed by atoms with van der Waals surface area (Å²) in [7, 11) is 0. The molecule has 0 saturated heterocycles. The predicted octanol–water partition coefficient (Wildman–Crippen LogP) is 0.356. The fourth-order valence-corrected chi connectivity index (χ4v) is 1.26. The Balaban J connectivity index is 2.73. The number of carboxylic acid groups (broad SMARTS) is 2. The van der Waals surface area contributed by atoms with E-state index in [4.69, 9.17) is 11.6 Å². The minimum absolute atomic E-state index is 0.104. The fourth-order valence-electron chi connectivity index (χ4n) is 1.26. The van der Waals surface area contributed by atoms with E-state index in [2.05, 4.69) is 0 Å². The third-order valence-electron chi connectivity index (χ3n) is 2.00. The summed E-state index contributed by atoms with van der Waals surface area (Å²) in [5.41, 5.74) is 0.752. The molecule has 0 spiro atoms. The number of hydrogen-bond acceptors (Lipinski definition) is 3. The molecule has 0 aliphatic carbocycles. The molecule has 16 heavy (non-hydrogen) atoms. The fraction of sp³-hybridized carbons (Fsp3) is 0.273. The van der Waals surface area contributed by atoms with E-state index in [0.717, 1.165) is 5.56 Å². The van der Waals surface area contributed by atoms with Gasteiger partial charge in [0.2, 0.25) is 0 Å². The number of carboxylic acids is 2. The first-order chi connectivity index (χ1) is 8.00. The van der Waals surface area contributed by atoms with Crippen molar-refractivity contribution in [3.63, 3.8) is 0 Å². The molecule has 0 heterocycles. The Kier molecular flexibility index (Phi) is 3.90. The van der Waals surface area contributed by atoms with E-state index in [1.807, 2.05) is 0 Å². The second kappa shape index (κ2) is 5.87. The van der Waals surface area contributed by atoms with E-state index in [1.165, 1.54) is 0 Å². The lowest BCUT2D eigenvalue weighted by molar-refractivity contribution is -0.140. The maximum atomic E-state index is 11.0. The zero-order valence-corrected chi connectivity index (χ0v) is 8.54. The van der Waals surface area contributed by atoms with Crippen LogP contribution in [-0.2, 0) is 16.0 Å². The quantitative estimate of drug-likeness (QED) is 0.649. The zero-order valence-electron chi connectivity index (χ0n) is 9.54. The van der Waals surface area contributed by atoms with Crippen molar-refractivity contribution >= 4 is 11.9 Å². The van der Waals surface area contributed by atoms with Crippen LogP contribution in [0.4, 0.5) is 0 Å². The van der Waals surface area contributed by atoms with Crippen molar-refractivity contribution in [3.8, 4) is 0 Å². The lowest BCUT2D eigenvalue weighted by atomic mass is 10.1. The standard InChI is InChI=1S/C11H13NO4/c13-10(14)7-12-9(11(15)16)6-8-4-2-1-3-5-8/h1-5,9,12H,6-7H2,(H,13,14)(H,15,16)/t9-/m0/s1/i/hD. The van der Waals surface area contributed by atoms with Crippen LogP contribution in [0.2, 0.25) is 1.41 Å². The molecule has 0 aliphatic heterocycles. The Hall–Kier alpha value is -1.88. The maximum Gasteiger partial charge on any atom is 0.321 e. The van der Waals surface area contributed by atoms with E-state index in [9.17, 15) is 9.59 Å². The lowest BCUT2D eigenvalue weighted by Crippen LogP contribution is -2.41. The van der Waals surface area contributed by atoms with Crippen LogP contribution in [0.1, 0.15) is 5.56 Å². The number of hydrogen-bond donors (Lipinski definition) is 3. The monoisotopic (exact) mass is 224 g/mol. The van der Waals surface area contributed by atoms with Gasteiger partial charge in [-0.2, -0.15) is 0 Å². The summed E-state index contributed by atoms with van der Waals surface area (Å²) in [6.07, 6.45) is 0.104. The van der Waals surface area contributed by atoms with Crippen LogP contribution in [-0.4, -0.2) is 34.7 Å². The van der Waals surface area contributed by atoms with Crippen molar-refractivity contribution < 1.29 is 21.2 Å². The molecular weight excluding hydrogens is 210 g/mol. The van der Waals surface area contributed by atoms with Gasteiger partial charge in [-0.3, -0.25) is 14.9 Å². The molecule has 0 bridgehead atoms. The summed E-state index contributed by atoms with van der Waals surface area (Å²) in [4.78, 5) is 21.4. The van der Waals surface area contributed by atoms with Gasteiger partial charge in [0.15, 0.2) is 0 Å². The molecule has 1 aromatic carbocycles. The summed E-state index contributed by atoms with van der Waals surface area (Å²) in [5.74, 6) is -2.43. The lowest BCUT2D eigenvalue weighted by Gasteiger charge is -2.12. The molecule has 0 unspecified atom stereocenters. The van der Waals surface area contributed by atoms with Gasteiger partial charge in [0.25, 0.3) is 0 Å². The van der Waals surface area contributed by atoms with Gasteiger partial charge in [0.1, 0.15) is 7.45 Å². The Morgan fingerprint density at radius 3 is 2.44 bits per heavy atom. The van der Waals surface area contributed by atoms with Crippen LogP contribution in [0.25, 0.3) is 0 Å². The van der Waals surface area contributed by atoms with E-state index >= 15 is 0 Å². The van der Waals surface area contributed by atoms with Crippen molar-refractivity contribution in [2.45, 2.75) is 12.5 Å². The second-order valence-electron chi connectivity index (χ2n) is 3.28. The first-order valence-corrected chi connectivity index (χ1v) is 4.74. The van der Waals surface area contributed by atoms with Crippen LogP contribution in [0.5, 0.6) is 0 Å². The van der Waals surface area contributed by atoms with Crippen molar-refractivity contribution in [1.82, 2.24) is 5.31 Å². The normalized spacial score (nSPS) is 13.2. The minimum atomic E-state index is -1.22. The van der Waals surface area contributed by atoms with Gasteiger partial charge in [0, 0.05) is 0 Å². The maximum absolute atomic E-state index is 11.0. The average molecular weight is 224 g/mol. The van der Waals surface area contributed by atoms with Crippen molar-refractivity contribution in [2.24, 2.45) is 0 Å². The van der Waals surface area contributed by atoms with Crippen LogP contribution in [0, 0.1) is 0 Å². The van der Waals surface area contributed by atoms with Crippen molar-refractivity contribution in [2.75, 3.05) is 6.54 Å². The van der Waals surface area contributed by atoms with E-state index in [1.54, 1.807) is 30.3 Å². The predicted molar refractivity (Wildman–Crippen MR) is 57.2 cm³/mol. The van der Waals surface area contributed by atoms with Gasteiger partial charge in [-0.15, -0.1) is 0 Å².